The van der Waals surface area contributed by atoms with Crippen LogP contribution in [0.15, 0.2) is 59.7 Å². The number of esters is 2. The number of nitrogens with one attached hydrogen (secondary N) is 1. The van der Waals surface area contributed by atoms with Gasteiger partial charge in [0.2, 0.25) is 11.6 Å². The highest BCUT2D eigenvalue weighted by Crippen LogP contribution is 2.50. The van der Waals surface area contributed by atoms with Crippen molar-refractivity contribution in [2.24, 2.45) is 29.1 Å². The number of benzene rings is 2. The smallest absolute Gasteiger partial charge is 0.316 e. The number of fused-ring (bicyclic) bond motifs is 14. The van der Waals surface area contributed by atoms with E-state index in [1.54, 1.807) is 65.5 Å². The normalized spacial score (nSPS) is 29.5. The lowest BCUT2D eigenvalue weighted by Crippen LogP contribution is -2.49. The third kappa shape index (κ3) is 11.0. The van der Waals surface area contributed by atoms with Crippen LogP contribution in [0.5, 0.6) is 11.5 Å². The summed E-state index contributed by atoms with van der Waals surface area (Å²) in [6.07, 6.45) is 3.42. The van der Waals surface area contributed by atoms with Crippen molar-refractivity contribution in [2.45, 2.75) is 134 Å². The Morgan fingerprint density at radius 2 is 1.47 bits per heavy atom. The molecule has 0 spiro atoms. The molecule has 390 valence electrons. The zero-order chi connectivity index (χ0) is 53.5. The van der Waals surface area contributed by atoms with E-state index in [9.17, 15) is 29.4 Å². The molecule has 0 aromatic heterocycles. The fraction of sp³-hybridized carbons (Fsp3) is 0.536. The van der Waals surface area contributed by atoms with Gasteiger partial charge in [-0.15, -0.1) is 0 Å². The van der Waals surface area contributed by atoms with E-state index in [1.807, 2.05) is 0 Å². The number of nitrogens with zero attached hydrogens (tertiary/aromatic N) is 2. The SMILES string of the molecule is COC1/C=C/OC2(C)Oc3c(C)c(OC(=O)C(C)(C)C)c4c(c3C2=O)C(=O)C(N2CCN(Cc3c(C)cc(C)cc3C)CC2)=C(NC(=O)/C(C)=C\C=C\C(C)C(O)C(C)C(O)C(C)C(OC(C)=O)C1C)C4=O. The van der Waals surface area contributed by atoms with Gasteiger partial charge in [-0.3, -0.25) is 33.7 Å². The number of ketones is 3. The maximum Gasteiger partial charge on any atom is 0.316 e. The van der Waals surface area contributed by atoms with E-state index in [0.29, 0.717) is 19.6 Å². The van der Waals surface area contributed by atoms with Crippen molar-refractivity contribution in [3.63, 3.8) is 0 Å². The lowest BCUT2D eigenvalue weighted by molar-refractivity contribution is -0.160. The van der Waals surface area contributed by atoms with E-state index in [2.05, 4.69) is 43.1 Å². The van der Waals surface area contributed by atoms with Crippen LogP contribution >= 0.6 is 0 Å². The number of amides is 1. The van der Waals surface area contributed by atoms with Crippen LogP contribution < -0.4 is 14.8 Å². The maximum absolute atomic E-state index is 15.6. The molecule has 2 aromatic carbocycles. The van der Waals surface area contributed by atoms with Crippen molar-refractivity contribution in [2.75, 3.05) is 33.3 Å². The van der Waals surface area contributed by atoms with Crippen LogP contribution in [0, 0.1) is 56.8 Å². The van der Waals surface area contributed by atoms with E-state index < -0.39 is 94.5 Å². The van der Waals surface area contributed by atoms with Gasteiger partial charge in [0.05, 0.1) is 46.7 Å². The minimum Gasteiger partial charge on any atom is -0.462 e. The average molecular weight is 996 g/mol. The largest absolute Gasteiger partial charge is 0.462 e. The summed E-state index contributed by atoms with van der Waals surface area (Å²) >= 11 is 0. The summed E-state index contributed by atoms with van der Waals surface area (Å²) in [6, 6.07) is 4.29. The van der Waals surface area contributed by atoms with Crippen molar-refractivity contribution in [1.82, 2.24) is 15.1 Å². The van der Waals surface area contributed by atoms with Crippen LogP contribution in [0.2, 0.25) is 0 Å². The Morgan fingerprint density at radius 1 is 0.847 bits per heavy atom. The molecule has 0 radical (unpaired) electrons. The van der Waals surface area contributed by atoms with Crippen LogP contribution in [0.4, 0.5) is 0 Å². The molecular formula is C56H73N3O13. The highest BCUT2D eigenvalue weighted by atomic mass is 16.7. The Hall–Kier alpha value is -5.94. The molecule has 1 aliphatic carbocycles. The quantitative estimate of drug-likeness (QED) is 0.198. The van der Waals surface area contributed by atoms with Crippen LogP contribution in [-0.2, 0) is 35.1 Å². The first kappa shape index (κ1) is 55.4. The van der Waals surface area contributed by atoms with Gasteiger partial charge in [-0.1, -0.05) is 63.6 Å². The first-order chi connectivity index (χ1) is 33.6. The number of hydrogen-bond acceptors (Lipinski definition) is 15. The molecule has 16 heteroatoms. The van der Waals surface area contributed by atoms with Gasteiger partial charge >= 0.3 is 17.7 Å². The number of allylic oxidation sites excluding steroid dienone is 4. The summed E-state index contributed by atoms with van der Waals surface area (Å²) in [5, 5.41) is 25.9. The summed E-state index contributed by atoms with van der Waals surface area (Å²) < 4.78 is 30.2. The number of rotatable bonds is 6. The van der Waals surface area contributed by atoms with Crippen LogP contribution in [-0.4, -0.2) is 119 Å². The number of hydrogen-bond donors (Lipinski definition) is 3. The Balaban J connectivity index is 1.53. The summed E-state index contributed by atoms with van der Waals surface area (Å²) in [5.41, 5.74) is 2.32. The third-order valence-electron chi connectivity index (χ3n) is 14.6. The fourth-order valence-electron chi connectivity index (χ4n) is 10.1. The van der Waals surface area contributed by atoms with Crippen molar-refractivity contribution in [3.05, 3.63) is 104 Å². The minimum absolute atomic E-state index is 0.0639. The molecule has 4 aliphatic heterocycles. The predicted octanol–water partition coefficient (Wildman–Crippen LogP) is 6.95. The number of piperazine rings is 1. The lowest BCUT2D eigenvalue weighted by Gasteiger charge is -2.39. The Labute approximate surface area is 423 Å². The first-order valence-electron chi connectivity index (χ1n) is 24.7. The second-order valence-corrected chi connectivity index (χ2v) is 21.3. The lowest BCUT2D eigenvalue weighted by atomic mass is 9.78. The number of methoxy groups -OCH3 is 1. The zero-order valence-corrected chi connectivity index (χ0v) is 44.5. The third-order valence-corrected chi connectivity index (χ3v) is 14.6. The van der Waals surface area contributed by atoms with Gasteiger partial charge < -0.3 is 44.1 Å². The Bertz CT molecular complexity index is 2620. The molecule has 9 atom stereocenters. The molecule has 5 aliphatic rings. The Kier molecular flexibility index (Phi) is 16.6. The van der Waals surface area contributed by atoms with Gasteiger partial charge in [0.25, 0.3) is 11.7 Å². The van der Waals surface area contributed by atoms with Crippen molar-refractivity contribution in [1.29, 1.82) is 0 Å². The molecule has 4 heterocycles. The second kappa shape index (κ2) is 21.6. The number of carbonyl (C=O) groups is 6. The van der Waals surface area contributed by atoms with E-state index in [1.165, 1.54) is 75.5 Å². The summed E-state index contributed by atoms with van der Waals surface area (Å²) in [7, 11) is 1.43. The molecular weight excluding hydrogens is 923 g/mol. The Morgan fingerprint density at radius 3 is 2.06 bits per heavy atom. The summed E-state index contributed by atoms with van der Waals surface area (Å²) in [6.45, 7) is 25.8. The molecule has 72 heavy (non-hydrogen) atoms. The molecule has 1 amide bonds. The van der Waals surface area contributed by atoms with Gasteiger partial charge in [0.15, 0.2) is 0 Å². The van der Waals surface area contributed by atoms with E-state index in [-0.39, 0.29) is 63.8 Å². The van der Waals surface area contributed by atoms with Gasteiger partial charge in [0, 0.05) is 88.5 Å². The van der Waals surface area contributed by atoms with Crippen molar-refractivity contribution >= 4 is 35.2 Å². The van der Waals surface area contributed by atoms with Crippen LogP contribution in [0.25, 0.3) is 0 Å². The first-order valence-corrected chi connectivity index (χ1v) is 24.7. The standard InChI is InChI=1S/C56H73N3O13/c1-28-25-31(4)38(32(5)26-28)27-58-20-22-59(23-21-58)44-43-47(63)41-40(48(44)64)42-51(36(9)50(41)71-54(67)55(11,12)13)72-56(14,52(42)65)69-24-19-39(68-15)33(6)49(70-37(10)60)35(8)46(62)34(7)45(61)29(2)17-16-18-30(3)53(66)57-43/h16-19,24-26,29,33-35,39,45-46,49,61-62H,20-23,27H2,1-15H3,(H,57,66)/b17-16+,24-19+,30-18-. The van der Waals surface area contributed by atoms with Gasteiger partial charge in [-0.2, -0.15) is 0 Å². The minimum atomic E-state index is -2.14. The predicted molar refractivity (Wildman–Crippen MR) is 269 cm³/mol. The highest BCUT2D eigenvalue weighted by molar-refractivity contribution is 6.32. The molecule has 16 nitrogen and oxygen atoms in total. The van der Waals surface area contributed by atoms with E-state index in [4.69, 9.17) is 23.7 Å². The fourth-order valence-corrected chi connectivity index (χ4v) is 10.1. The highest BCUT2D eigenvalue weighted by Gasteiger charge is 2.54. The van der Waals surface area contributed by atoms with Crippen LogP contribution in [0.1, 0.15) is 128 Å². The molecule has 5 bridgehead atoms. The molecule has 0 saturated carbocycles. The molecule has 9 unspecified atom stereocenters. The van der Waals surface area contributed by atoms with Gasteiger partial charge in [0.1, 0.15) is 29.0 Å². The van der Waals surface area contributed by atoms with Crippen molar-refractivity contribution in [3.8, 4) is 11.5 Å². The van der Waals surface area contributed by atoms with Gasteiger partial charge in [-0.05, 0) is 78.2 Å². The average Bonchev–Trinajstić information content (AvgIpc) is 3.58. The molecule has 3 N–H and O–H groups in total. The maximum atomic E-state index is 15.6. The van der Waals surface area contributed by atoms with Crippen LogP contribution in [0.3, 0.4) is 0 Å². The number of aryl methyl sites for hydroxylation is 3. The van der Waals surface area contributed by atoms with Crippen molar-refractivity contribution < 1.29 is 62.7 Å². The van der Waals surface area contributed by atoms with E-state index >= 15 is 9.59 Å². The molecule has 7 rings (SSSR count). The number of aliphatic hydroxyl groups excluding tert-OH is 2. The van der Waals surface area contributed by atoms with E-state index in [0.717, 1.165) is 0 Å². The number of ether oxygens (including phenoxy) is 5. The molecule has 1 saturated heterocycles. The second-order valence-electron chi connectivity index (χ2n) is 21.3. The van der Waals surface area contributed by atoms with Gasteiger partial charge in [-0.25, -0.2) is 0 Å². The number of carbonyl (C=O) groups excluding carboxylic acids is 6. The molecule has 2 aromatic rings. The topological polar surface area (TPSA) is 208 Å². The summed E-state index contributed by atoms with van der Waals surface area (Å²) in [5.74, 6) is -9.71. The number of aliphatic hydroxyl groups is 2. The number of Topliss-reactive ketones (excluding diaryl/α,β-unsaturated/α-hetero) is 3. The monoisotopic (exact) mass is 996 g/mol. The molecule has 1 fully saturated rings. The zero-order valence-electron chi connectivity index (χ0n) is 44.5. The summed E-state index contributed by atoms with van der Waals surface area (Å²) in [4.78, 5) is 90.6.